The molecule has 1 aliphatic heterocycles. The van der Waals surface area contributed by atoms with Crippen LogP contribution >= 0.6 is 0 Å². The number of hydrogen-bond acceptors (Lipinski definition) is 7. The van der Waals surface area contributed by atoms with Crippen LogP contribution in [0.15, 0.2) is 64.5 Å². The minimum absolute atomic E-state index is 0.0988. The van der Waals surface area contributed by atoms with Gasteiger partial charge in [-0.15, -0.1) is 0 Å². The second-order valence-electron chi connectivity index (χ2n) is 6.57. The molecular weight excluding hydrogens is 408 g/mol. The van der Waals surface area contributed by atoms with Crippen LogP contribution in [0.3, 0.4) is 0 Å². The zero-order valence-electron chi connectivity index (χ0n) is 16.0. The first-order valence-corrected chi connectivity index (χ1v) is 10.9. The number of benzene rings is 1. The molecule has 0 saturated heterocycles. The summed E-state index contributed by atoms with van der Waals surface area (Å²) in [5.41, 5.74) is 1.24. The Morgan fingerprint density at radius 2 is 1.77 bits per heavy atom. The highest BCUT2D eigenvalue weighted by Gasteiger charge is 2.19. The monoisotopic (exact) mass is 428 g/mol. The van der Waals surface area contributed by atoms with E-state index in [9.17, 15) is 13.2 Å². The van der Waals surface area contributed by atoms with Crippen molar-refractivity contribution in [1.82, 2.24) is 19.5 Å². The average molecular weight is 428 g/mol. The standard InChI is InChI=1S/C20H20N4O5S/c25-20-5-3-17(15-6-9-21-10-7-15)23-24(20)11-1-8-22-30(26,27)16-2-4-18-19(14-16)29-13-12-28-18/h2-7,9-10,14,22H,1,8,11-13H2. The molecule has 4 rings (SSSR count). The van der Waals surface area contributed by atoms with E-state index in [1.165, 1.54) is 22.9 Å². The average Bonchev–Trinajstić information content (AvgIpc) is 2.78. The van der Waals surface area contributed by atoms with Crippen LogP contribution in [0, 0.1) is 0 Å². The predicted molar refractivity (Wildman–Crippen MR) is 109 cm³/mol. The number of rotatable bonds is 7. The summed E-state index contributed by atoms with van der Waals surface area (Å²) in [4.78, 5) is 16.1. The van der Waals surface area contributed by atoms with Gasteiger partial charge in [-0.05, 0) is 36.8 Å². The molecule has 2 aromatic heterocycles. The Bertz CT molecular complexity index is 1200. The number of nitrogens with one attached hydrogen (secondary N) is 1. The van der Waals surface area contributed by atoms with Crippen LogP contribution in [-0.2, 0) is 16.6 Å². The molecule has 0 amide bonds. The zero-order chi connectivity index (χ0) is 21.0. The first kappa shape index (κ1) is 20.0. The van der Waals surface area contributed by atoms with Crippen molar-refractivity contribution in [1.29, 1.82) is 0 Å². The number of sulfonamides is 1. The van der Waals surface area contributed by atoms with Crippen molar-refractivity contribution in [3.63, 3.8) is 0 Å². The Balaban J connectivity index is 1.38. The second kappa shape index (κ2) is 8.64. The first-order chi connectivity index (χ1) is 14.5. The van der Waals surface area contributed by atoms with Gasteiger partial charge in [-0.3, -0.25) is 9.78 Å². The number of hydrogen-bond donors (Lipinski definition) is 1. The van der Waals surface area contributed by atoms with Gasteiger partial charge in [0.1, 0.15) is 13.2 Å². The lowest BCUT2D eigenvalue weighted by Gasteiger charge is -2.18. The maximum Gasteiger partial charge on any atom is 0.266 e. The number of aryl methyl sites for hydroxylation is 1. The van der Waals surface area contributed by atoms with E-state index in [4.69, 9.17) is 9.47 Å². The fourth-order valence-electron chi connectivity index (χ4n) is 3.00. The van der Waals surface area contributed by atoms with Crippen molar-refractivity contribution in [3.05, 3.63) is 65.2 Å². The number of aromatic nitrogens is 3. The molecule has 1 aromatic carbocycles. The fraction of sp³-hybridized carbons (Fsp3) is 0.250. The SMILES string of the molecule is O=c1ccc(-c2ccncc2)nn1CCCNS(=O)(=O)c1ccc2c(c1)OCCO2. The normalized spacial score (nSPS) is 13.2. The van der Waals surface area contributed by atoms with E-state index in [1.54, 1.807) is 36.7 Å². The largest absolute Gasteiger partial charge is 0.486 e. The molecule has 0 fully saturated rings. The van der Waals surface area contributed by atoms with Crippen LogP contribution in [0.2, 0.25) is 0 Å². The third-order valence-corrected chi connectivity index (χ3v) is 5.96. The maximum atomic E-state index is 12.5. The summed E-state index contributed by atoms with van der Waals surface area (Å²) in [5.74, 6) is 0.938. The van der Waals surface area contributed by atoms with E-state index >= 15 is 0 Å². The van der Waals surface area contributed by atoms with Crippen molar-refractivity contribution in [3.8, 4) is 22.8 Å². The first-order valence-electron chi connectivity index (χ1n) is 9.41. The van der Waals surface area contributed by atoms with Crippen molar-refractivity contribution in [2.75, 3.05) is 19.8 Å². The summed E-state index contributed by atoms with van der Waals surface area (Å²) >= 11 is 0. The lowest BCUT2D eigenvalue weighted by Crippen LogP contribution is -2.28. The van der Waals surface area contributed by atoms with Crippen LogP contribution in [0.4, 0.5) is 0 Å². The van der Waals surface area contributed by atoms with Gasteiger partial charge < -0.3 is 9.47 Å². The Kier molecular flexibility index (Phi) is 5.77. The predicted octanol–water partition coefficient (Wildman–Crippen LogP) is 1.45. The van der Waals surface area contributed by atoms with E-state index in [1.807, 2.05) is 0 Å². The Morgan fingerprint density at radius 1 is 1.00 bits per heavy atom. The molecule has 0 atom stereocenters. The molecule has 156 valence electrons. The summed E-state index contributed by atoms with van der Waals surface area (Å²) in [7, 11) is -3.71. The Hall–Kier alpha value is -3.24. The molecule has 0 bridgehead atoms. The van der Waals surface area contributed by atoms with Crippen molar-refractivity contribution in [2.45, 2.75) is 17.9 Å². The molecule has 10 heteroatoms. The quantitative estimate of drug-likeness (QED) is 0.567. The van der Waals surface area contributed by atoms with Crippen LogP contribution in [0.25, 0.3) is 11.3 Å². The van der Waals surface area contributed by atoms with Gasteiger partial charge in [0.15, 0.2) is 11.5 Å². The van der Waals surface area contributed by atoms with Gasteiger partial charge in [0.2, 0.25) is 10.0 Å². The van der Waals surface area contributed by atoms with Crippen molar-refractivity contribution < 1.29 is 17.9 Å². The highest BCUT2D eigenvalue weighted by Crippen LogP contribution is 2.32. The van der Waals surface area contributed by atoms with Crippen LogP contribution in [-0.4, -0.2) is 42.9 Å². The van der Waals surface area contributed by atoms with Crippen molar-refractivity contribution in [2.24, 2.45) is 0 Å². The smallest absolute Gasteiger partial charge is 0.266 e. The molecule has 3 aromatic rings. The van der Waals surface area contributed by atoms with E-state index in [2.05, 4.69) is 14.8 Å². The Labute approximate surface area is 173 Å². The third-order valence-electron chi connectivity index (χ3n) is 4.51. The number of fused-ring (bicyclic) bond motifs is 1. The summed E-state index contributed by atoms with van der Waals surface area (Å²) in [6, 6.07) is 11.2. The molecule has 0 radical (unpaired) electrons. The highest BCUT2D eigenvalue weighted by molar-refractivity contribution is 7.89. The molecule has 0 saturated carbocycles. The maximum absolute atomic E-state index is 12.5. The summed E-state index contributed by atoms with van der Waals surface area (Å²) < 4.78 is 39.8. The minimum Gasteiger partial charge on any atom is -0.486 e. The van der Waals surface area contributed by atoms with Gasteiger partial charge >= 0.3 is 0 Å². The van der Waals surface area contributed by atoms with E-state index in [0.717, 1.165) is 5.56 Å². The lowest BCUT2D eigenvalue weighted by atomic mass is 10.2. The molecule has 9 nitrogen and oxygen atoms in total. The van der Waals surface area contributed by atoms with E-state index < -0.39 is 10.0 Å². The van der Waals surface area contributed by atoms with Gasteiger partial charge in [0.25, 0.3) is 5.56 Å². The molecule has 3 heterocycles. The summed E-state index contributed by atoms with van der Waals surface area (Å²) in [5, 5.41) is 4.35. The minimum atomic E-state index is -3.71. The van der Waals surface area contributed by atoms with Gasteiger partial charge in [0.05, 0.1) is 10.6 Å². The molecule has 1 aliphatic rings. The van der Waals surface area contributed by atoms with E-state index in [0.29, 0.717) is 36.8 Å². The zero-order valence-corrected chi connectivity index (χ0v) is 16.8. The molecule has 1 N–H and O–H groups in total. The highest BCUT2D eigenvalue weighted by atomic mass is 32.2. The second-order valence-corrected chi connectivity index (χ2v) is 8.34. The van der Waals surface area contributed by atoms with Gasteiger partial charge in [-0.25, -0.2) is 17.8 Å². The van der Waals surface area contributed by atoms with Crippen LogP contribution < -0.4 is 19.8 Å². The lowest BCUT2D eigenvalue weighted by molar-refractivity contribution is 0.171. The third kappa shape index (κ3) is 4.50. The molecule has 30 heavy (non-hydrogen) atoms. The van der Waals surface area contributed by atoms with Crippen LogP contribution in [0.1, 0.15) is 6.42 Å². The van der Waals surface area contributed by atoms with Crippen molar-refractivity contribution >= 4 is 10.0 Å². The number of ether oxygens (including phenoxy) is 2. The van der Waals surface area contributed by atoms with Gasteiger partial charge in [-0.2, -0.15) is 5.10 Å². The van der Waals surface area contributed by atoms with Gasteiger partial charge in [-0.1, -0.05) is 0 Å². The molecule has 0 aliphatic carbocycles. The molecular formula is C20H20N4O5S. The fourth-order valence-corrected chi connectivity index (χ4v) is 4.08. The van der Waals surface area contributed by atoms with Gasteiger partial charge in [0, 0.05) is 43.2 Å². The van der Waals surface area contributed by atoms with E-state index in [-0.39, 0.29) is 23.5 Å². The summed E-state index contributed by atoms with van der Waals surface area (Å²) in [6.45, 7) is 1.25. The molecule has 0 spiro atoms. The number of nitrogens with zero attached hydrogens (tertiary/aromatic N) is 3. The Morgan fingerprint density at radius 3 is 2.57 bits per heavy atom. The van der Waals surface area contributed by atoms with Crippen LogP contribution in [0.5, 0.6) is 11.5 Å². The molecule has 0 unspecified atom stereocenters. The number of pyridine rings is 1. The topological polar surface area (TPSA) is 112 Å². The summed E-state index contributed by atoms with van der Waals surface area (Å²) in [6.07, 6.45) is 3.70.